The molecule has 106 valence electrons. The smallest absolute Gasteiger partial charge is 0.124 e. The third-order valence-corrected chi connectivity index (χ3v) is 4.14. The average molecular weight is 327 g/mol. The van der Waals surface area contributed by atoms with Gasteiger partial charge in [0.15, 0.2) is 0 Å². The fourth-order valence-electron chi connectivity index (χ4n) is 2.58. The Morgan fingerprint density at radius 2 is 2.21 bits per heavy atom. The number of nitrogens with one attached hydrogen (secondary N) is 1. The van der Waals surface area contributed by atoms with Crippen LogP contribution in [0.2, 0.25) is 0 Å². The minimum Gasteiger partial charge on any atom is -0.494 e. The van der Waals surface area contributed by atoms with Crippen molar-refractivity contribution in [2.45, 2.75) is 26.3 Å². The van der Waals surface area contributed by atoms with Gasteiger partial charge in [-0.2, -0.15) is 0 Å². The summed E-state index contributed by atoms with van der Waals surface area (Å²) in [6.07, 6.45) is 1.21. The van der Waals surface area contributed by atoms with Crippen molar-refractivity contribution in [3.05, 3.63) is 28.2 Å². The van der Waals surface area contributed by atoms with Crippen LogP contribution in [0.15, 0.2) is 22.7 Å². The van der Waals surface area contributed by atoms with Crippen LogP contribution in [0, 0.1) is 0 Å². The molecule has 4 heteroatoms. The maximum atomic E-state index is 5.77. The minimum atomic E-state index is 0.388. The summed E-state index contributed by atoms with van der Waals surface area (Å²) in [5.74, 6) is 1.01. The van der Waals surface area contributed by atoms with Crippen LogP contribution in [0.5, 0.6) is 5.75 Å². The molecule has 1 aliphatic rings. The molecule has 0 amide bonds. The average Bonchev–Trinajstić information content (AvgIpc) is 2.69. The van der Waals surface area contributed by atoms with Gasteiger partial charge >= 0.3 is 0 Å². The molecule has 1 unspecified atom stereocenters. The number of nitrogens with zero attached hydrogens (tertiary/aromatic N) is 1. The maximum absolute atomic E-state index is 5.77. The van der Waals surface area contributed by atoms with Crippen molar-refractivity contribution in [1.29, 1.82) is 0 Å². The molecule has 0 bridgehead atoms. The van der Waals surface area contributed by atoms with Crippen LogP contribution in [0.3, 0.4) is 0 Å². The fraction of sp³-hybridized carbons (Fsp3) is 0.600. The number of hydrogen-bond donors (Lipinski definition) is 1. The highest BCUT2D eigenvalue weighted by Gasteiger charge is 2.20. The Morgan fingerprint density at radius 1 is 1.37 bits per heavy atom. The number of hydrogen-bond acceptors (Lipinski definition) is 3. The first-order valence-electron chi connectivity index (χ1n) is 7.09. The van der Waals surface area contributed by atoms with E-state index in [0.717, 1.165) is 36.4 Å². The van der Waals surface area contributed by atoms with Crippen molar-refractivity contribution in [3.8, 4) is 5.75 Å². The molecule has 1 N–H and O–H groups in total. The second kappa shape index (κ2) is 7.27. The van der Waals surface area contributed by atoms with E-state index in [1.807, 2.05) is 13.0 Å². The number of ether oxygens (including phenoxy) is 1. The van der Waals surface area contributed by atoms with Crippen LogP contribution in [0.4, 0.5) is 0 Å². The normalized spacial score (nSPS) is 18.9. The zero-order valence-electron chi connectivity index (χ0n) is 11.8. The minimum absolute atomic E-state index is 0.388. The van der Waals surface area contributed by atoms with Gasteiger partial charge in [0.1, 0.15) is 5.75 Å². The molecule has 2 rings (SSSR count). The molecule has 0 aliphatic carbocycles. The molecule has 0 radical (unpaired) electrons. The highest BCUT2D eigenvalue weighted by Crippen LogP contribution is 2.32. The summed E-state index contributed by atoms with van der Waals surface area (Å²) in [6, 6.07) is 6.69. The Hall–Kier alpha value is -0.580. The first-order valence-corrected chi connectivity index (χ1v) is 7.88. The second-order valence-electron chi connectivity index (χ2n) is 4.93. The molecule has 3 nitrogen and oxygen atoms in total. The van der Waals surface area contributed by atoms with E-state index in [4.69, 9.17) is 4.74 Å². The van der Waals surface area contributed by atoms with E-state index in [-0.39, 0.29) is 0 Å². The summed E-state index contributed by atoms with van der Waals surface area (Å²) >= 11 is 3.57. The highest BCUT2D eigenvalue weighted by atomic mass is 79.9. The second-order valence-corrected chi connectivity index (χ2v) is 5.85. The summed E-state index contributed by atoms with van der Waals surface area (Å²) in [5.41, 5.74) is 1.28. The predicted molar refractivity (Wildman–Crippen MR) is 82.8 cm³/mol. The summed E-state index contributed by atoms with van der Waals surface area (Å²) in [4.78, 5) is 2.53. The zero-order chi connectivity index (χ0) is 13.7. The van der Waals surface area contributed by atoms with Gasteiger partial charge in [-0.15, -0.1) is 0 Å². The first kappa shape index (κ1) is 14.8. The number of rotatable bonds is 4. The van der Waals surface area contributed by atoms with Crippen LogP contribution in [0.1, 0.15) is 31.9 Å². The summed E-state index contributed by atoms with van der Waals surface area (Å²) in [6.45, 7) is 9.46. The Balaban J connectivity index is 2.20. The zero-order valence-corrected chi connectivity index (χ0v) is 13.4. The summed E-state index contributed by atoms with van der Waals surface area (Å²) in [5, 5.41) is 3.45. The van der Waals surface area contributed by atoms with Crippen LogP contribution in [-0.2, 0) is 0 Å². The van der Waals surface area contributed by atoms with E-state index in [0.29, 0.717) is 12.6 Å². The fourth-order valence-corrected chi connectivity index (χ4v) is 2.96. The lowest BCUT2D eigenvalue weighted by Gasteiger charge is -2.29. The van der Waals surface area contributed by atoms with Crippen LogP contribution in [-0.4, -0.2) is 37.7 Å². The molecule has 0 saturated carbocycles. The monoisotopic (exact) mass is 326 g/mol. The van der Waals surface area contributed by atoms with Gasteiger partial charge in [-0.1, -0.05) is 15.9 Å². The number of benzene rings is 1. The molecule has 0 spiro atoms. The largest absolute Gasteiger partial charge is 0.494 e. The van der Waals surface area contributed by atoms with E-state index in [1.54, 1.807) is 0 Å². The maximum Gasteiger partial charge on any atom is 0.124 e. The Bertz CT molecular complexity index is 403. The van der Waals surface area contributed by atoms with Crippen molar-refractivity contribution in [1.82, 2.24) is 10.2 Å². The standard InChI is InChI=1S/C15H23BrN2O/c1-3-19-15-6-5-13(16)11-14(15)12(2)18-9-4-7-17-8-10-18/h5-6,11-12,17H,3-4,7-10H2,1-2H3. The predicted octanol–water partition coefficient (Wildman–Crippen LogP) is 3.20. The van der Waals surface area contributed by atoms with E-state index in [2.05, 4.69) is 45.2 Å². The lowest BCUT2D eigenvalue weighted by atomic mass is 10.1. The highest BCUT2D eigenvalue weighted by molar-refractivity contribution is 9.10. The van der Waals surface area contributed by atoms with Gasteiger partial charge < -0.3 is 10.1 Å². The molecular formula is C15H23BrN2O. The van der Waals surface area contributed by atoms with Crippen LogP contribution in [0.25, 0.3) is 0 Å². The van der Waals surface area contributed by atoms with Crippen LogP contribution < -0.4 is 10.1 Å². The van der Waals surface area contributed by atoms with Crippen molar-refractivity contribution in [2.24, 2.45) is 0 Å². The van der Waals surface area contributed by atoms with Crippen molar-refractivity contribution < 1.29 is 4.74 Å². The van der Waals surface area contributed by atoms with Gasteiger partial charge in [0.05, 0.1) is 6.61 Å². The van der Waals surface area contributed by atoms with Gasteiger partial charge in [-0.25, -0.2) is 0 Å². The van der Waals surface area contributed by atoms with Crippen molar-refractivity contribution >= 4 is 15.9 Å². The molecule has 1 heterocycles. The summed E-state index contributed by atoms with van der Waals surface area (Å²) in [7, 11) is 0. The lowest BCUT2D eigenvalue weighted by Crippen LogP contribution is -2.31. The molecule has 19 heavy (non-hydrogen) atoms. The van der Waals surface area contributed by atoms with E-state index >= 15 is 0 Å². The Morgan fingerprint density at radius 3 is 3.00 bits per heavy atom. The molecule has 1 atom stereocenters. The molecule has 1 fully saturated rings. The van der Waals surface area contributed by atoms with Gasteiger partial charge in [0.25, 0.3) is 0 Å². The van der Waals surface area contributed by atoms with Crippen LogP contribution >= 0.6 is 15.9 Å². The summed E-state index contributed by atoms with van der Waals surface area (Å²) < 4.78 is 6.89. The Kier molecular flexibility index (Phi) is 5.67. The number of halogens is 1. The van der Waals surface area contributed by atoms with Gasteiger partial charge in [0, 0.05) is 29.2 Å². The third-order valence-electron chi connectivity index (χ3n) is 3.64. The first-order chi connectivity index (χ1) is 9.22. The third kappa shape index (κ3) is 3.94. The van der Waals surface area contributed by atoms with Crippen molar-refractivity contribution in [3.63, 3.8) is 0 Å². The lowest BCUT2D eigenvalue weighted by molar-refractivity contribution is 0.218. The van der Waals surface area contributed by atoms with Gasteiger partial charge in [-0.05, 0) is 51.6 Å². The molecule has 0 aromatic heterocycles. The molecular weight excluding hydrogens is 304 g/mol. The van der Waals surface area contributed by atoms with E-state index in [1.165, 1.54) is 12.0 Å². The molecule has 1 aromatic carbocycles. The molecule has 1 aliphatic heterocycles. The topological polar surface area (TPSA) is 24.5 Å². The van der Waals surface area contributed by atoms with Crippen molar-refractivity contribution in [2.75, 3.05) is 32.8 Å². The van der Waals surface area contributed by atoms with E-state index in [9.17, 15) is 0 Å². The molecule has 1 saturated heterocycles. The SMILES string of the molecule is CCOc1ccc(Br)cc1C(C)N1CCCNCC1. The van der Waals surface area contributed by atoms with Gasteiger partial charge in [-0.3, -0.25) is 4.90 Å². The molecule has 1 aromatic rings. The quantitative estimate of drug-likeness (QED) is 0.919. The van der Waals surface area contributed by atoms with Gasteiger partial charge in [0.2, 0.25) is 0 Å². The van der Waals surface area contributed by atoms with E-state index < -0.39 is 0 Å². The Labute approximate surface area is 124 Å².